The Morgan fingerprint density at radius 3 is 2.80 bits per heavy atom. The molecule has 2 aromatic heterocycles. The second kappa shape index (κ2) is 8.89. The van der Waals surface area contributed by atoms with Crippen molar-refractivity contribution >= 4 is 40.0 Å². The Hall–Kier alpha value is -2.02. The van der Waals surface area contributed by atoms with Crippen LogP contribution in [0, 0.1) is 0 Å². The molecule has 0 bridgehead atoms. The predicted octanol–water partition coefficient (Wildman–Crippen LogP) is 3.68. The van der Waals surface area contributed by atoms with Crippen molar-refractivity contribution in [2.24, 2.45) is 0 Å². The molecule has 0 amide bonds. The van der Waals surface area contributed by atoms with E-state index < -0.39 is 0 Å². The minimum absolute atomic E-state index is 0.209. The third-order valence-corrected chi connectivity index (χ3v) is 4.35. The zero-order valence-corrected chi connectivity index (χ0v) is 16.1. The number of fused-ring (bicyclic) bond motifs is 1. The van der Waals surface area contributed by atoms with Crippen molar-refractivity contribution in [3.63, 3.8) is 0 Å². The highest BCUT2D eigenvalue weighted by Crippen LogP contribution is 2.25. The van der Waals surface area contributed by atoms with Crippen LogP contribution < -0.4 is 16.4 Å². The molecule has 7 heteroatoms. The number of nitrogens with zero attached hydrogens (tertiary/aromatic N) is 3. The van der Waals surface area contributed by atoms with Crippen LogP contribution in [-0.2, 0) is 0 Å². The number of anilines is 2. The smallest absolute Gasteiger partial charge is 0.222 e. The van der Waals surface area contributed by atoms with Gasteiger partial charge in [0.05, 0.1) is 16.0 Å². The number of aromatic nitrogens is 3. The van der Waals surface area contributed by atoms with Gasteiger partial charge in [0.15, 0.2) is 5.82 Å². The van der Waals surface area contributed by atoms with Gasteiger partial charge >= 0.3 is 0 Å². The first-order valence-corrected chi connectivity index (χ1v) is 9.25. The number of hydrogen-bond donors (Lipinski definition) is 3. The largest absolute Gasteiger partial charge is 0.378 e. The fourth-order valence-electron chi connectivity index (χ4n) is 2.81. The van der Waals surface area contributed by atoms with E-state index in [9.17, 15) is 0 Å². The number of thiocarbonyl (C=S) groups is 1. The van der Waals surface area contributed by atoms with Gasteiger partial charge in [-0.3, -0.25) is 4.98 Å². The second-order valence-electron chi connectivity index (χ2n) is 6.71. The average Bonchev–Trinajstić information content (AvgIpc) is 2.57. The molecule has 0 aliphatic carbocycles. The van der Waals surface area contributed by atoms with E-state index in [1.54, 1.807) is 6.20 Å². The molecule has 0 spiro atoms. The number of unbranched alkanes of at least 4 members (excludes halogenated alkanes) is 3. The Balaban J connectivity index is 2.24. The molecule has 0 aliphatic rings. The number of nitrogens with two attached hydrogens (primary N) is 1. The molecule has 0 fully saturated rings. The molecule has 2 aromatic rings. The van der Waals surface area contributed by atoms with Gasteiger partial charge in [-0.15, -0.1) is 0 Å². The summed E-state index contributed by atoms with van der Waals surface area (Å²) in [5, 5.41) is 6.84. The molecule has 25 heavy (non-hydrogen) atoms. The summed E-state index contributed by atoms with van der Waals surface area (Å²) in [6.07, 6.45) is 7.57. The van der Waals surface area contributed by atoms with E-state index in [1.165, 1.54) is 19.3 Å². The van der Waals surface area contributed by atoms with Crippen LogP contribution in [-0.4, -0.2) is 32.0 Å². The third-order valence-electron chi connectivity index (χ3n) is 4.20. The first-order valence-electron chi connectivity index (χ1n) is 8.84. The Morgan fingerprint density at radius 2 is 2.08 bits per heavy atom. The Kier molecular flexibility index (Phi) is 6.87. The monoisotopic (exact) mass is 360 g/mol. The fraction of sp³-hybridized carbons (Fsp3) is 0.556. The summed E-state index contributed by atoms with van der Waals surface area (Å²) >= 11 is 5.18. The quantitative estimate of drug-likeness (QED) is 0.464. The molecular weight excluding hydrogens is 332 g/mol. The predicted molar refractivity (Wildman–Crippen MR) is 109 cm³/mol. The lowest BCUT2D eigenvalue weighted by Crippen LogP contribution is -2.46. The molecule has 0 saturated carbocycles. The van der Waals surface area contributed by atoms with Crippen LogP contribution in [0.4, 0.5) is 11.8 Å². The van der Waals surface area contributed by atoms with Gasteiger partial charge in [0.1, 0.15) is 5.52 Å². The lowest BCUT2D eigenvalue weighted by atomic mass is 9.93. The van der Waals surface area contributed by atoms with Gasteiger partial charge in [-0.25, -0.2) is 4.98 Å². The number of hydrogen-bond acceptors (Lipinski definition) is 6. The fourth-order valence-corrected chi connectivity index (χ4v) is 2.89. The van der Waals surface area contributed by atoms with Crippen LogP contribution in [0.2, 0.25) is 0 Å². The summed E-state index contributed by atoms with van der Waals surface area (Å²) < 4.78 is 0. The second-order valence-corrected chi connectivity index (χ2v) is 7.32. The van der Waals surface area contributed by atoms with Crippen LogP contribution >= 0.6 is 12.2 Å². The van der Waals surface area contributed by atoms with Crippen molar-refractivity contribution in [2.75, 3.05) is 17.6 Å². The molecule has 2 rings (SSSR count). The Morgan fingerprint density at radius 1 is 1.28 bits per heavy atom. The molecule has 6 nitrogen and oxygen atoms in total. The van der Waals surface area contributed by atoms with Gasteiger partial charge in [0, 0.05) is 12.7 Å². The highest BCUT2D eigenvalue weighted by molar-refractivity contribution is 7.80. The van der Waals surface area contributed by atoms with Crippen molar-refractivity contribution in [1.82, 2.24) is 20.3 Å². The minimum Gasteiger partial charge on any atom is -0.378 e. The zero-order valence-electron chi connectivity index (χ0n) is 15.3. The normalized spacial score (nSPS) is 13.4. The van der Waals surface area contributed by atoms with Crippen LogP contribution in [0.5, 0.6) is 0 Å². The maximum atomic E-state index is 5.88. The zero-order chi connectivity index (χ0) is 18.3. The van der Waals surface area contributed by atoms with Crippen molar-refractivity contribution in [2.45, 2.75) is 58.4 Å². The van der Waals surface area contributed by atoms with E-state index in [-0.39, 0.29) is 11.5 Å². The maximum Gasteiger partial charge on any atom is 0.222 e. The number of nitrogens with one attached hydrogen (secondary N) is 2. The first-order chi connectivity index (χ1) is 11.9. The van der Waals surface area contributed by atoms with Crippen molar-refractivity contribution in [3.05, 3.63) is 18.3 Å². The Bertz CT molecular complexity index is 720. The molecular formula is C18H28N6S. The molecule has 4 N–H and O–H groups in total. The van der Waals surface area contributed by atoms with E-state index in [0.717, 1.165) is 28.9 Å². The SMILES string of the molecule is CCCCCCC(C)(CNC(C)=S)Nc1nc(N)nc2cccnc12. The highest BCUT2D eigenvalue weighted by atomic mass is 32.1. The number of pyridine rings is 1. The summed E-state index contributed by atoms with van der Waals surface area (Å²) in [6, 6.07) is 3.74. The molecule has 0 saturated heterocycles. The third kappa shape index (κ3) is 5.77. The molecule has 1 atom stereocenters. The van der Waals surface area contributed by atoms with Crippen LogP contribution in [0.3, 0.4) is 0 Å². The molecule has 136 valence electrons. The average molecular weight is 361 g/mol. The van der Waals surface area contributed by atoms with Crippen molar-refractivity contribution < 1.29 is 0 Å². The number of rotatable bonds is 9. The molecule has 0 aromatic carbocycles. The summed E-state index contributed by atoms with van der Waals surface area (Å²) in [7, 11) is 0. The van der Waals surface area contributed by atoms with Gasteiger partial charge in [-0.2, -0.15) is 4.98 Å². The van der Waals surface area contributed by atoms with Crippen LogP contribution in [0.15, 0.2) is 18.3 Å². The lowest BCUT2D eigenvalue weighted by Gasteiger charge is -2.32. The van der Waals surface area contributed by atoms with Crippen molar-refractivity contribution in [3.8, 4) is 0 Å². The van der Waals surface area contributed by atoms with Crippen LogP contribution in [0.1, 0.15) is 52.9 Å². The van der Waals surface area contributed by atoms with Gasteiger partial charge in [-0.1, -0.05) is 44.8 Å². The minimum atomic E-state index is -0.209. The summed E-state index contributed by atoms with van der Waals surface area (Å²) in [4.78, 5) is 13.9. The standard InChI is InChI=1S/C18H28N6S/c1-4-5-6-7-10-18(3,12-21-13(2)25)24-16-15-14(9-8-11-20-15)22-17(19)23-16/h8-9,11H,4-7,10,12H2,1-3H3,(H,21,25)(H3,19,22,23,24). The van der Waals surface area contributed by atoms with E-state index in [4.69, 9.17) is 18.0 Å². The van der Waals surface area contributed by atoms with Gasteiger partial charge in [0.2, 0.25) is 5.95 Å². The first kappa shape index (κ1) is 19.3. The van der Waals surface area contributed by atoms with Crippen LogP contribution in [0.25, 0.3) is 11.0 Å². The van der Waals surface area contributed by atoms with Gasteiger partial charge in [-0.05, 0) is 32.4 Å². The topological polar surface area (TPSA) is 88.8 Å². The maximum absolute atomic E-state index is 5.88. The molecule has 2 heterocycles. The Labute approximate surface area is 155 Å². The van der Waals surface area contributed by atoms with Crippen molar-refractivity contribution in [1.29, 1.82) is 0 Å². The van der Waals surface area contributed by atoms with E-state index in [0.29, 0.717) is 12.4 Å². The molecule has 0 aliphatic heterocycles. The summed E-state index contributed by atoms with van der Waals surface area (Å²) in [5.41, 5.74) is 7.14. The molecule has 1 unspecified atom stereocenters. The molecule has 0 radical (unpaired) electrons. The highest BCUT2D eigenvalue weighted by Gasteiger charge is 2.25. The summed E-state index contributed by atoms with van der Waals surface area (Å²) in [6.45, 7) is 7.01. The van der Waals surface area contributed by atoms with Gasteiger partial charge in [0.25, 0.3) is 0 Å². The number of nitrogen functional groups attached to an aromatic ring is 1. The van der Waals surface area contributed by atoms with Gasteiger partial charge < -0.3 is 16.4 Å². The lowest BCUT2D eigenvalue weighted by molar-refractivity contribution is 0.436. The summed E-state index contributed by atoms with van der Waals surface area (Å²) in [5.74, 6) is 0.917. The van der Waals surface area contributed by atoms with E-state index in [1.807, 2.05) is 19.1 Å². The van der Waals surface area contributed by atoms with E-state index in [2.05, 4.69) is 39.4 Å². The van der Waals surface area contributed by atoms with E-state index >= 15 is 0 Å².